The first-order valence-corrected chi connectivity index (χ1v) is 6.80. The summed E-state index contributed by atoms with van der Waals surface area (Å²) in [6.07, 6.45) is 0. The van der Waals surface area contributed by atoms with Crippen LogP contribution in [0.2, 0.25) is 10.0 Å². The summed E-state index contributed by atoms with van der Waals surface area (Å²) in [6, 6.07) is 12.9. The van der Waals surface area contributed by atoms with E-state index >= 15 is 0 Å². The standard InChI is InChI=1S/C16H13Cl2NO/c17-14-8-15(18)10-16(9-14)20-11-13-5-2-1-4-12(13)6-3-7-19/h1-2,4-5,8-10H,7,11,19H2. The van der Waals surface area contributed by atoms with E-state index in [1.165, 1.54) is 0 Å². The molecular formula is C16H13Cl2NO. The van der Waals surface area contributed by atoms with Gasteiger partial charge < -0.3 is 10.5 Å². The van der Waals surface area contributed by atoms with Gasteiger partial charge in [0, 0.05) is 21.2 Å². The fourth-order valence-electron chi connectivity index (χ4n) is 1.69. The number of benzene rings is 2. The first-order chi connectivity index (χ1) is 9.69. The number of rotatable bonds is 3. The van der Waals surface area contributed by atoms with Gasteiger partial charge in [0.15, 0.2) is 0 Å². The molecular weight excluding hydrogens is 293 g/mol. The minimum Gasteiger partial charge on any atom is -0.489 e. The largest absolute Gasteiger partial charge is 0.489 e. The van der Waals surface area contributed by atoms with Crippen LogP contribution in [0, 0.1) is 11.8 Å². The first kappa shape index (κ1) is 14.7. The van der Waals surface area contributed by atoms with Crippen LogP contribution in [-0.2, 0) is 6.61 Å². The third-order valence-electron chi connectivity index (χ3n) is 2.57. The molecule has 0 bridgehead atoms. The number of halogens is 2. The van der Waals surface area contributed by atoms with Gasteiger partial charge in [-0.05, 0) is 24.3 Å². The summed E-state index contributed by atoms with van der Waals surface area (Å²) >= 11 is 11.9. The topological polar surface area (TPSA) is 35.2 Å². The molecule has 0 spiro atoms. The maximum absolute atomic E-state index is 5.93. The van der Waals surface area contributed by atoms with Gasteiger partial charge in [-0.25, -0.2) is 0 Å². The molecule has 0 amide bonds. The lowest BCUT2D eigenvalue weighted by Gasteiger charge is -2.09. The zero-order valence-corrected chi connectivity index (χ0v) is 12.2. The van der Waals surface area contributed by atoms with Crippen molar-refractivity contribution in [1.29, 1.82) is 0 Å². The molecule has 0 aliphatic heterocycles. The molecule has 4 heteroatoms. The first-order valence-electron chi connectivity index (χ1n) is 6.05. The molecule has 20 heavy (non-hydrogen) atoms. The fraction of sp³-hybridized carbons (Fsp3) is 0.125. The van der Waals surface area contributed by atoms with Crippen molar-refractivity contribution in [2.75, 3.05) is 6.54 Å². The summed E-state index contributed by atoms with van der Waals surface area (Å²) in [6.45, 7) is 0.727. The van der Waals surface area contributed by atoms with Gasteiger partial charge >= 0.3 is 0 Å². The highest BCUT2D eigenvalue weighted by atomic mass is 35.5. The van der Waals surface area contributed by atoms with Crippen LogP contribution in [0.25, 0.3) is 0 Å². The Bertz CT molecular complexity index is 639. The van der Waals surface area contributed by atoms with Crippen LogP contribution in [0.5, 0.6) is 5.75 Å². The minimum atomic E-state index is 0.332. The summed E-state index contributed by atoms with van der Waals surface area (Å²) in [5.74, 6) is 6.49. The van der Waals surface area contributed by atoms with Crippen molar-refractivity contribution in [1.82, 2.24) is 0 Å². The number of hydrogen-bond donors (Lipinski definition) is 1. The van der Waals surface area contributed by atoms with E-state index in [-0.39, 0.29) is 0 Å². The van der Waals surface area contributed by atoms with Crippen LogP contribution in [-0.4, -0.2) is 6.54 Å². The monoisotopic (exact) mass is 305 g/mol. The number of ether oxygens (including phenoxy) is 1. The highest BCUT2D eigenvalue weighted by Crippen LogP contribution is 2.25. The predicted molar refractivity (Wildman–Crippen MR) is 83.2 cm³/mol. The van der Waals surface area contributed by atoms with E-state index in [9.17, 15) is 0 Å². The lowest BCUT2D eigenvalue weighted by atomic mass is 10.1. The third kappa shape index (κ3) is 4.18. The Morgan fingerprint density at radius 2 is 1.75 bits per heavy atom. The van der Waals surface area contributed by atoms with Crippen LogP contribution in [0.4, 0.5) is 0 Å². The molecule has 2 aromatic carbocycles. The zero-order chi connectivity index (χ0) is 14.4. The molecule has 102 valence electrons. The van der Waals surface area contributed by atoms with Crippen LogP contribution in [0.15, 0.2) is 42.5 Å². The quantitative estimate of drug-likeness (QED) is 0.873. The van der Waals surface area contributed by atoms with E-state index in [4.69, 9.17) is 33.7 Å². The Labute approximate surface area is 128 Å². The summed E-state index contributed by atoms with van der Waals surface area (Å²) < 4.78 is 5.71. The van der Waals surface area contributed by atoms with Crippen LogP contribution >= 0.6 is 23.2 Å². The Balaban J connectivity index is 2.14. The number of hydrogen-bond acceptors (Lipinski definition) is 2. The van der Waals surface area contributed by atoms with Crippen molar-refractivity contribution in [3.63, 3.8) is 0 Å². The average molecular weight is 306 g/mol. The highest BCUT2D eigenvalue weighted by Gasteiger charge is 2.03. The third-order valence-corrected chi connectivity index (χ3v) is 3.01. The molecule has 0 heterocycles. The Kier molecular flexibility index (Phi) is 5.31. The summed E-state index contributed by atoms with van der Waals surface area (Å²) in [5, 5.41) is 1.09. The van der Waals surface area contributed by atoms with E-state index in [1.54, 1.807) is 18.2 Å². The van der Waals surface area contributed by atoms with Gasteiger partial charge in [-0.3, -0.25) is 0 Å². The normalized spacial score (nSPS) is 9.75. The van der Waals surface area contributed by atoms with Gasteiger partial charge in [-0.15, -0.1) is 0 Å². The minimum absolute atomic E-state index is 0.332. The second kappa shape index (κ2) is 7.21. The molecule has 0 saturated heterocycles. The molecule has 0 aromatic heterocycles. The van der Waals surface area contributed by atoms with Gasteiger partial charge in [-0.1, -0.05) is 53.2 Å². The van der Waals surface area contributed by atoms with Gasteiger partial charge in [0.05, 0.1) is 6.54 Å². The van der Waals surface area contributed by atoms with Crippen molar-refractivity contribution in [3.8, 4) is 17.6 Å². The molecule has 0 atom stereocenters. The van der Waals surface area contributed by atoms with Crippen molar-refractivity contribution < 1.29 is 4.74 Å². The van der Waals surface area contributed by atoms with E-state index in [2.05, 4.69) is 11.8 Å². The van der Waals surface area contributed by atoms with Crippen molar-refractivity contribution >= 4 is 23.2 Å². The van der Waals surface area contributed by atoms with Crippen LogP contribution in [0.1, 0.15) is 11.1 Å². The lowest BCUT2D eigenvalue weighted by Crippen LogP contribution is -1.99. The molecule has 2 rings (SSSR count). The molecule has 0 fully saturated rings. The Morgan fingerprint density at radius 3 is 2.45 bits per heavy atom. The summed E-state index contributed by atoms with van der Waals surface area (Å²) in [5.41, 5.74) is 7.29. The SMILES string of the molecule is NCC#Cc1ccccc1COc1cc(Cl)cc(Cl)c1. The van der Waals surface area contributed by atoms with Gasteiger partial charge in [0.25, 0.3) is 0 Å². The molecule has 0 unspecified atom stereocenters. The molecule has 2 N–H and O–H groups in total. The molecule has 2 aromatic rings. The fourth-order valence-corrected chi connectivity index (χ4v) is 2.19. The predicted octanol–water partition coefficient (Wildman–Crippen LogP) is 3.88. The second-order valence-electron chi connectivity index (χ2n) is 4.06. The molecule has 2 nitrogen and oxygen atoms in total. The maximum atomic E-state index is 5.93. The van der Waals surface area contributed by atoms with Gasteiger partial charge in [-0.2, -0.15) is 0 Å². The van der Waals surface area contributed by atoms with E-state index in [1.807, 2.05) is 24.3 Å². The molecule has 0 saturated carbocycles. The Morgan fingerprint density at radius 1 is 1.05 bits per heavy atom. The Hall–Kier alpha value is -1.66. The lowest BCUT2D eigenvalue weighted by molar-refractivity contribution is 0.306. The highest BCUT2D eigenvalue weighted by molar-refractivity contribution is 6.34. The summed E-state index contributed by atoms with van der Waals surface area (Å²) in [7, 11) is 0. The van der Waals surface area contributed by atoms with Crippen LogP contribution < -0.4 is 10.5 Å². The van der Waals surface area contributed by atoms with Gasteiger partial charge in [0.2, 0.25) is 0 Å². The zero-order valence-electron chi connectivity index (χ0n) is 10.7. The van der Waals surface area contributed by atoms with Crippen molar-refractivity contribution in [2.45, 2.75) is 6.61 Å². The maximum Gasteiger partial charge on any atom is 0.122 e. The van der Waals surface area contributed by atoms with Crippen molar-refractivity contribution in [3.05, 3.63) is 63.6 Å². The van der Waals surface area contributed by atoms with Crippen LogP contribution in [0.3, 0.4) is 0 Å². The number of nitrogens with two attached hydrogens (primary N) is 1. The van der Waals surface area contributed by atoms with E-state index in [0.29, 0.717) is 28.9 Å². The smallest absolute Gasteiger partial charge is 0.122 e. The average Bonchev–Trinajstić information content (AvgIpc) is 2.43. The van der Waals surface area contributed by atoms with Gasteiger partial charge in [0.1, 0.15) is 12.4 Å². The second-order valence-corrected chi connectivity index (χ2v) is 4.93. The molecule has 0 aliphatic carbocycles. The molecule has 0 radical (unpaired) electrons. The molecule has 0 aliphatic rings. The van der Waals surface area contributed by atoms with Crippen molar-refractivity contribution in [2.24, 2.45) is 5.73 Å². The summed E-state index contributed by atoms with van der Waals surface area (Å²) in [4.78, 5) is 0. The van der Waals surface area contributed by atoms with E-state index < -0.39 is 0 Å². The van der Waals surface area contributed by atoms with E-state index in [0.717, 1.165) is 11.1 Å².